The SMILES string of the molecule is C[C@@H]1CC[C@@]23CCC(=O)[C@H]2[C@]1(C)[C@H](OC(=O)COc1ccc2c(c1F)B(O)OC2)C[C@@](C)(Cc1ccccc1)[C@@H](O)[C@@H]3C. The van der Waals surface area contributed by atoms with E-state index in [1.807, 2.05) is 18.2 Å². The number of Topliss-reactive ketones (excluding diaryl/α,β-unsaturated/α-hetero) is 1. The van der Waals surface area contributed by atoms with E-state index >= 15 is 4.39 Å². The molecule has 7 nitrogen and oxygen atoms in total. The van der Waals surface area contributed by atoms with Crippen molar-refractivity contribution >= 4 is 24.3 Å². The lowest BCUT2D eigenvalue weighted by molar-refractivity contribution is -0.212. The summed E-state index contributed by atoms with van der Waals surface area (Å²) in [4.78, 5) is 27.2. The number of ketones is 1. The number of fused-ring (bicyclic) bond motifs is 1. The molecule has 0 radical (unpaired) electrons. The van der Waals surface area contributed by atoms with Gasteiger partial charge in [-0.05, 0) is 66.5 Å². The van der Waals surface area contributed by atoms with Crippen LogP contribution in [0.3, 0.4) is 0 Å². The van der Waals surface area contributed by atoms with Crippen molar-refractivity contribution in [1.29, 1.82) is 0 Å². The highest BCUT2D eigenvalue weighted by molar-refractivity contribution is 6.61. The largest absolute Gasteiger partial charge is 0.494 e. The number of hydrogen-bond acceptors (Lipinski definition) is 7. The van der Waals surface area contributed by atoms with Gasteiger partial charge in [-0.3, -0.25) is 4.79 Å². The number of esters is 1. The van der Waals surface area contributed by atoms with Gasteiger partial charge in [0.05, 0.1) is 12.7 Å². The van der Waals surface area contributed by atoms with Crippen LogP contribution in [0.25, 0.3) is 0 Å². The van der Waals surface area contributed by atoms with Crippen LogP contribution in [0.4, 0.5) is 4.39 Å². The molecule has 2 aromatic rings. The Morgan fingerprint density at radius 3 is 2.63 bits per heavy atom. The molecule has 6 rings (SSSR count). The van der Waals surface area contributed by atoms with Crippen molar-refractivity contribution in [1.82, 2.24) is 0 Å². The molecular formula is C34H42BFO7. The number of hydrogen-bond donors (Lipinski definition) is 2. The predicted molar refractivity (Wildman–Crippen MR) is 159 cm³/mol. The van der Waals surface area contributed by atoms with E-state index in [1.165, 1.54) is 6.07 Å². The fourth-order valence-corrected chi connectivity index (χ4v) is 9.29. The fraction of sp³-hybridized carbons (Fsp3) is 0.588. The second kappa shape index (κ2) is 11.0. The van der Waals surface area contributed by atoms with Gasteiger partial charge in [-0.25, -0.2) is 9.18 Å². The first kappa shape index (κ1) is 30.3. The van der Waals surface area contributed by atoms with E-state index in [4.69, 9.17) is 14.1 Å². The number of benzene rings is 2. The van der Waals surface area contributed by atoms with E-state index < -0.39 is 48.5 Å². The zero-order valence-electron chi connectivity index (χ0n) is 25.5. The monoisotopic (exact) mass is 592 g/mol. The summed E-state index contributed by atoms with van der Waals surface area (Å²) in [5.74, 6) is -1.73. The number of carbonyl (C=O) groups is 2. The third-order valence-electron chi connectivity index (χ3n) is 11.8. The lowest BCUT2D eigenvalue weighted by Gasteiger charge is -2.62. The van der Waals surface area contributed by atoms with Crippen molar-refractivity contribution in [2.45, 2.75) is 85.0 Å². The Morgan fingerprint density at radius 2 is 1.88 bits per heavy atom. The molecule has 3 fully saturated rings. The van der Waals surface area contributed by atoms with Gasteiger partial charge in [0.1, 0.15) is 11.9 Å². The van der Waals surface area contributed by atoms with Gasteiger partial charge in [-0.1, -0.05) is 64.1 Å². The quantitative estimate of drug-likeness (QED) is 0.379. The fourth-order valence-electron chi connectivity index (χ4n) is 9.29. The highest BCUT2D eigenvalue weighted by atomic mass is 19.1. The second-order valence-corrected chi connectivity index (χ2v) is 14.1. The van der Waals surface area contributed by atoms with Crippen molar-refractivity contribution in [3.8, 4) is 5.75 Å². The Balaban J connectivity index is 1.33. The van der Waals surface area contributed by atoms with E-state index in [9.17, 15) is 19.7 Å². The molecule has 0 spiro atoms. The van der Waals surface area contributed by atoms with E-state index in [-0.39, 0.29) is 46.8 Å². The van der Waals surface area contributed by atoms with Gasteiger partial charge in [-0.2, -0.15) is 0 Å². The number of aliphatic hydroxyl groups excluding tert-OH is 1. The minimum Gasteiger partial charge on any atom is -0.479 e. The molecule has 8 atom stereocenters. The molecule has 0 amide bonds. The van der Waals surface area contributed by atoms with Crippen molar-refractivity contribution < 1.29 is 38.2 Å². The summed E-state index contributed by atoms with van der Waals surface area (Å²) in [6.07, 6.45) is 2.52. The number of carbonyl (C=O) groups excluding carboxylic acids is 2. The zero-order chi connectivity index (χ0) is 30.7. The first-order chi connectivity index (χ1) is 20.4. The van der Waals surface area contributed by atoms with Crippen LogP contribution in [0.1, 0.15) is 70.9 Å². The molecule has 4 aliphatic rings. The summed E-state index contributed by atoms with van der Waals surface area (Å²) in [7, 11) is -1.38. The van der Waals surface area contributed by atoms with Gasteiger partial charge >= 0.3 is 13.1 Å². The lowest BCUT2D eigenvalue weighted by atomic mass is 9.43. The standard InChI is InChI=1S/C34H42BFO7/c1-20-12-14-34-15-13-24(37)30(34)33(20,4)26(17-32(3,31(39)21(34)2)16-22-8-6-5-7-9-22)43-27(38)19-41-25-11-10-23-18-42-35(40)28(23)29(25)36/h5-11,20-21,26,30-31,39-40H,12-19H2,1-4H3/t20-,21+,26-,30+,31+,32-,33+,34+/m1/s1. The number of ether oxygens (including phenoxy) is 2. The maximum atomic E-state index is 15.1. The van der Waals surface area contributed by atoms with Crippen LogP contribution in [-0.4, -0.2) is 47.8 Å². The van der Waals surface area contributed by atoms with Crippen LogP contribution in [0.15, 0.2) is 42.5 Å². The summed E-state index contributed by atoms with van der Waals surface area (Å²) in [5, 5.41) is 22.1. The first-order valence-electron chi connectivity index (χ1n) is 15.6. The zero-order valence-corrected chi connectivity index (χ0v) is 25.5. The average Bonchev–Trinajstić information content (AvgIpc) is 3.54. The minimum atomic E-state index is -1.38. The molecule has 43 heavy (non-hydrogen) atoms. The molecular weight excluding hydrogens is 550 g/mol. The van der Waals surface area contributed by atoms with Gasteiger partial charge in [0, 0.05) is 28.6 Å². The summed E-state index contributed by atoms with van der Waals surface area (Å²) >= 11 is 0. The molecule has 0 unspecified atom stereocenters. The highest BCUT2D eigenvalue weighted by Gasteiger charge is 2.68. The van der Waals surface area contributed by atoms with Crippen LogP contribution in [0, 0.1) is 39.8 Å². The molecule has 3 aliphatic carbocycles. The molecule has 0 aromatic heterocycles. The van der Waals surface area contributed by atoms with Crippen LogP contribution in [-0.2, 0) is 32.0 Å². The van der Waals surface area contributed by atoms with Gasteiger partial charge in [-0.15, -0.1) is 0 Å². The maximum absolute atomic E-state index is 15.1. The topological polar surface area (TPSA) is 102 Å². The number of aliphatic hydroxyl groups is 1. The smallest absolute Gasteiger partial charge is 0.479 e. The summed E-state index contributed by atoms with van der Waals surface area (Å²) in [5.41, 5.74) is -0.0176. The summed E-state index contributed by atoms with van der Waals surface area (Å²) < 4.78 is 32.1. The summed E-state index contributed by atoms with van der Waals surface area (Å²) in [6.45, 7) is 8.00. The average molecular weight is 593 g/mol. The Morgan fingerprint density at radius 1 is 1.14 bits per heavy atom. The van der Waals surface area contributed by atoms with E-state index in [0.717, 1.165) is 24.8 Å². The molecule has 1 aliphatic heterocycles. The molecule has 1 heterocycles. The van der Waals surface area contributed by atoms with Crippen molar-refractivity contribution in [2.75, 3.05) is 6.61 Å². The van der Waals surface area contributed by atoms with E-state index in [1.54, 1.807) is 6.07 Å². The van der Waals surface area contributed by atoms with Crippen LogP contribution < -0.4 is 10.2 Å². The molecule has 0 saturated heterocycles. The van der Waals surface area contributed by atoms with Gasteiger partial charge in [0.15, 0.2) is 18.2 Å². The number of rotatable bonds is 6. The predicted octanol–water partition coefficient (Wildman–Crippen LogP) is 4.39. The van der Waals surface area contributed by atoms with Crippen LogP contribution >= 0.6 is 0 Å². The Kier molecular flexibility index (Phi) is 7.75. The number of halogens is 1. The highest BCUT2D eigenvalue weighted by Crippen LogP contribution is 2.68. The molecule has 230 valence electrons. The Labute approximate surface area is 253 Å². The van der Waals surface area contributed by atoms with Crippen LogP contribution in [0.5, 0.6) is 5.75 Å². The normalized spacial score (nSPS) is 36.9. The third-order valence-corrected chi connectivity index (χ3v) is 11.8. The molecule has 2 N–H and O–H groups in total. The summed E-state index contributed by atoms with van der Waals surface area (Å²) in [6, 6.07) is 13.1. The minimum absolute atomic E-state index is 0.0188. The molecule has 2 bridgehead atoms. The van der Waals surface area contributed by atoms with E-state index in [0.29, 0.717) is 24.8 Å². The molecule has 9 heteroatoms. The first-order valence-corrected chi connectivity index (χ1v) is 15.6. The van der Waals surface area contributed by atoms with E-state index in [2.05, 4.69) is 39.8 Å². The Bertz CT molecular complexity index is 1400. The van der Waals surface area contributed by atoms with Gasteiger partial charge < -0.3 is 24.3 Å². The maximum Gasteiger partial charge on any atom is 0.494 e. The lowest BCUT2D eigenvalue weighted by Crippen LogP contribution is -2.63. The molecule has 3 saturated carbocycles. The Hall–Kier alpha value is -2.75. The van der Waals surface area contributed by atoms with Crippen molar-refractivity contribution in [3.05, 3.63) is 59.4 Å². The van der Waals surface area contributed by atoms with Crippen molar-refractivity contribution in [3.63, 3.8) is 0 Å². The second-order valence-electron chi connectivity index (χ2n) is 14.1. The molecule has 2 aromatic carbocycles. The third kappa shape index (κ3) is 4.83. The van der Waals surface area contributed by atoms with Gasteiger partial charge in [0.25, 0.3) is 0 Å². The van der Waals surface area contributed by atoms with Gasteiger partial charge in [0.2, 0.25) is 0 Å². The van der Waals surface area contributed by atoms with Crippen LogP contribution in [0.2, 0.25) is 0 Å². The van der Waals surface area contributed by atoms with Crippen molar-refractivity contribution in [2.24, 2.45) is 34.0 Å².